The fourth-order valence-electron chi connectivity index (χ4n) is 0.959. The van der Waals surface area contributed by atoms with Crippen LogP contribution < -0.4 is 0 Å². The maximum Gasteiger partial charge on any atom is 0.320 e. The van der Waals surface area contributed by atoms with E-state index in [1.54, 1.807) is 0 Å². The van der Waals surface area contributed by atoms with Crippen molar-refractivity contribution in [2.45, 2.75) is 20.8 Å². The summed E-state index contributed by atoms with van der Waals surface area (Å²) in [5, 5.41) is 0. The van der Waals surface area contributed by atoms with Gasteiger partial charge in [0.2, 0.25) is 0 Å². The zero-order valence-corrected chi connectivity index (χ0v) is 9.63. The van der Waals surface area contributed by atoms with Gasteiger partial charge in [-0.25, -0.2) is 0 Å². The van der Waals surface area contributed by atoms with E-state index in [-0.39, 0.29) is 6.61 Å². The second kappa shape index (κ2) is 4.71. The second-order valence-electron chi connectivity index (χ2n) is 3.34. The molecular weight excluding hydrogens is 224 g/mol. The number of hydrogen-bond donors (Lipinski definition) is 1. The molecule has 0 rings (SSSR count). The van der Waals surface area contributed by atoms with E-state index in [9.17, 15) is 18.0 Å². The molecule has 15 heavy (non-hydrogen) atoms. The number of ketones is 1. The van der Waals surface area contributed by atoms with E-state index in [4.69, 9.17) is 4.55 Å². The average molecular weight is 238 g/mol. The minimum atomic E-state index is -4.41. The Morgan fingerprint density at radius 3 is 2.13 bits per heavy atom. The van der Waals surface area contributed by atoms with Crippen LogP contribution in [0.5, 0.6) is 0 Å². The topological polar surface area (TPSA) is 97.7 Å². The van der Waals surface area contributed by atoms with Gasteiger partial charge < -0.3 is 4.74 Å². The number of hydrogen-bond acceptors (Lipinski definition) is 5. The Labute approximate surface area is 88.4 Å². The van der Waals surface area contributed by atoms with E-state index in [0.717, 1.165) is 13.8 Å². The van der Waals surface area contributed by atoms with Crippen LogP contribution in [-0.2, 0) is 24.4 Å². The van der Waals surface area contributed by atoms with Crippen LogP contribution in [-0.4, -0.2) is 37.1 Å². The van der Waals surface area contributed by atoms with E-state index in [1.807, 2.05) is 0 Å². The van der Waals surface area contributed by atoms with Gasteiger partial charge in [0.15, 0.2) is 0 Å². The van der Waals surface area contributed by atoms with E-state index in [1.165, 1.54) is 6.92 Å². The molecule has 1 unspecified atom stereocenters. The third-order valence-electron chi connectivity index (χ3n) is 1.97. The van der Waals surface area contributed by atoms with Crippen molar-refractivity contribution >= 4 is 21.9 Å². The quantitative estimate of drug-likeness (QED) is 0.412. The standard InChI is InChI=1S/C8H14O6S/c1-4-14-7(10)8(3,6(2)9)5-15(11,12)13/h4-5H2,1-3H3,(H,11,12,13). The van der Waals surface area contributed by atoms with Crippen molar-refractivity contribution in [2.24, 2.45) is 5.41 Å². The number of carbonyl (C=O) groups is 2. The lowest BCUT2D eigenvalue weighted by Crippen LogP contribution is -2.42. The smallest absolute Gasteiger partial charge is 0.320 e. The predicted molar refractivity (Wildman–Crippen MR) is 51.8 cm³/mol. The zero-order chi connectivity index (χ0) is 12.3. The fourth-order valence-corrected chi connectivity index (χ4v) is 2.01. The van der Waals surface area contributed by atoms with Crippen LogP contribution in [0.4, 0.5) is 0 Å². The fraction of sp³-hybridized carbons (Fsp3) is 0.750. The number of rotatable bonds is 5. The minimum absolute atomic E-state index is 0.0349. The molecule has 88 valence electrons. The molecular formula is C8H14O6S. The maximum absolute atomic E-state index is 11.4. The van der Waals surface area contributed by atoms with E-state index in [2.05, 4.69) is 4.74 Å². The number of carbonyl (C=O) groups excluding carboxylic acids is 2. The molecule has 0 heterocycles. The van der Waals surface area contributed by atoms with Crippen LogP contribution in [0.2, 0.25) is 0 Å². The molecule has 7 heteroatoms. The Bertz CT molecular complexity index is 357. The maximum atomic E-state index is 11.4. The Hall–Kier alpha value is -0.950. The molecule has 0 aromatic heterocycles. The van der Waals surface area contributed by atoms with Crippen LogP contribution in [0.1, 0.15) is 20.8 Å². The lowest BCUT2D eigenvalue weighted by Gasteiger charge is -2.22. The molecule has 1 N–H and O–H groups in total. The molecule has 0 aromatic rings. The van der Waals surface area contributed by atoms with Gasteiger partial charge in [-0.05, 0) is 20.8 Å². The summed E-state index contributed by atoms with van der Waals surface area (Å²) in [6, 6.07) is 0. The summed E-state index contributed by atoms with van der Waals surface area (Å²) in [5.74, 6) is -2.58. The Kier molecular flexibility index (Phi) is 4.42. The summed E-state index contributed by atoms with van der Waals surface area (Å²) < 4.78 is 34.5. The number of Topliss-reactive ketones (excluding diaryl/α,β-unsaturated/α-hetero) is 1. The number of esters is 1. The molecule has 0 radical (unpaired) electrons. The van der Waals surface area contributed by atoms with Crippen molar-refractivity contribution in [3.63, 3.8) is 0 Å². The summed E-state index contributed by atoms with van der Waals surface area (Å²) in [6.07, 6.45) is 0. The summed E-state index contributed by atoms with van der Waals surface area (Å²) >= 11 is 0. The van der Waals surface area contributed by atoms with Gasteiger partial charge in [-0.2, -0.15) is 8.42 Å². The van der Waals surface area contributed by atoms with Gasteiger partial charge in [-0.15, -0.1) is 0 Å². The van der Waals surface area contributed by atoms with Crippen LogP contribution in [0.15, 0.2) is 0 Å². The van der Waals surface area contributed by atoms with Crippen molar-refractivity contribution in [3.8, 4) is 0 Å². The predicted octanol–water partition coefficient (Wildman–Crippen LogP) is 0.0326. The second-order valence-corrected chi connectivity index (χ2v) is 4.79. The van der Waals surface area contributed by atoms with Crippen LogP contribution >= 0.6 is 0 Å². The van der Waals surface area contributed by atoms with E-state index < -0.39 is 33.0 Å². The molecule has 0 aliphatic carbocycles. The first-order valence-electron chi connectivity index (χ1n) is 4.27. The molecule has 0 aliphatic rings. The van der Waals surface area contributed by atoms with Crippen LogP contribution in [0.3, 0.4) is 0 Å². The van der Waals surface area contributed by atoms with Gasteiger partial charge in [-0.1, -0.05) is 0 Å². The highest BCUT2D eigenvalue weighted by Gasteiger charge is 2.43. The Morgan fingerprint density at radius 1 is 1.40 bits per heavy atom. The first-order chi connectivity index (χ1) is 6.63. The summed E-state index contributed by atoms with van der Waals surface area (Å²) in [7, 11) is -4.41. The van der Waals surface area contributed by atoms with Crippen LogP contribution in [0, 0.1) is 5.41 Å². The van der Waals surface area contributed by atoms with Crippen molar-refractivity contribution in [2.75, 3.05) is 12.4 Å². The van der Waals surface area contributed by atoms with Gasteiger partial charge in [0.1, 0.15) is 11.2 Å². The molecule has 0 saturated carbocycles. The molecule has 0 spiro atoms. The third-order valence-corrected chi connectivity index (χ3v) is 2.92. The SMILES string of the molecule is CCOC(=O)C(C)(CS(=O)(=O)O)C(C)=O. The largest absolute Gasteiger partial charge is 0.465 e. The first-order valence-corrected chi connectivity index (χ1v) is 5.88. The Morgan fingerprint density at radius 2 is 1.87 bits per heavy atom. The highest BCUT2D eigenvalue weighted by atomic mass is 32.2. The van der Waals surface area contributed by atoms with Gasteiger partial charge in [0, 0.05) is 0 Å². The highest BCUT2D eigenvalue weighted by molar-refractivity contribution is 7.85. The average Bonchev–Trinajstić information content (AvgIpc) is 2.01. The van der Waals surface area contributed by atoms with Gasteiger partial charge in [0.25, 0.3) is 10.1 Å². The molecule has 0 aliphatic heterocycles. The highest BCUT2D eigenvalue weighted by Crippen LogP contribution is 2.22. The molecule has 0 fully saturated rings. The van der Waals surface area contributed by atoms with Crippen molar-refractivity contribution in [1.82, 2.24) is 0 Å². The van der Waals surface area contributed by atoms with Crippen molar-refractivity contribution < 1.29 is 27.3 Å². The molecule has 0 bridgehead atoms. The Balaban J connectivity index is 5.08. The van der Waals surface area contributed by atoms with Crippen LogP contribution in [0.25, 0.3) is 0 Å². The van der Waals surface area contributed by atoms with Crippen molar-refractivity contribution in [1.29, 1.82) is 0 Å². The number of ether oxygens (including phenoxy) is 1. The zero-order valence-electron chi connectivity index (χ0n) is 8.81. The first kappa shape index (κ1) is 14.1. The monoisotopic (exact) mass is 238 g/mol. The van der Waals surface area contributed by atoms with Crippen molar-refractivity contribution in [3.05, 3.63) is 0 Å². The molecule has 1 atom stereocenters. The van der Waals surface area contributed by atoms with Gasteiger partial charge in [0.05, 0.1) is 12.4 Å². The van der Waals surface area contributed by atoms with Gasteiger partial charge >= 0.3 is 5.97 Å². The lowest BCUT2D eigenvalue weighted by molar-refractivity contribution is -0.157. The van der Waals surface area contributed by atoms with E-state index in [0.29, 0.717) is 0 Å². The van der Waals surface area contributed by atoms with Gasteiger partial charge in [-0.3, -0.25) is 14.1 Å². The molecule has 6 nitrogen and oxygen atoms in total. The minimum Gasteiger partial charge on any atom is -0.465 e. The lowest BCUT2D eigenvalue weighted by atomic mass is 9.89. The third kappa shape index (κ3) is 3.96. The normalized spacial score (nSPS) is 15.5. The summed E-state index contributed by atoms with van der Waals surface area (Å²) in [6.45, 7) is 3.77. The molecule has 0 saturated heterocycles. The summed E-state index contributed by atoms with van der Waals surface area (Å²) in [4.78, 5) is 22.5. The van der Waals surface area contributed by atoms with E-state index >= 15 is 0 Å². The molecule has 0 amide bonds. The summed E-state index contributed by atoms with van der Waals surface area (Å²) in [5.41, 5.74) is -1.84. The molecule has 0 aromatic carbocycles.